The lowest BCUT2D eigenvalue weighted by Crippen LogP contribution is -2.46. The fourth-order valence-corrected chi connectivity index (χ4v) is 4.98. The van der Waals surface area contributed by atoms with Crippen LogP contribution in [0.15, 0.2) is 24.3 Å². The second kappa shape index (κ2) is 6.95. The topological polar surface area (TPSA) is 91.5 Å². The molecule has 2 heterocycles. The highest BCUT2D eigenvalue weighted by Crippen LogP contribution is 2.22. The van der Waals surface area contributed by atoms with Crippen LogP contribution in [-0.4, -0.2) is 55.5 Å². The Kier molecular flexibility index (Phi) is 4.89. The zero-order valence-electron chi connectivity index (χ0n) is 14.4. The smallest absolute Gasteiger partial charge is 0.317 e. The molecule has 8 heteroatoms. The van der Waals surface area contributed by atoms with Crippen LogP contribution in [0.1, 0.15) is 19.0 Å². The Hall–Kier alpha value is -2.22. The average Bonchev–Trinajstić information content (AvgIpc) is 3.15. The number of rotatable bonds is 5. The number of ether oxygens (including phenoxy) is 1. The maximum Gasteiger partial charge on any atom is 0.317 e. The van der Waals surface area contributed by atoms with E-state index in [0.717, 1.165) is 22.3 Å². The van der Waals surface area contributed by atoms with Gasteiger partial charge < -0.3 is 19.9 Å². The van der Waals surface area contributed by atoms with Gasteiger partial charge in [-0.2, -0.15) is 0 Å². The maximum absolute atomic E-state index is 12.4. The summed E-state index contributed by atoms with van der Waals surface area (Å²) in [5, 5.41) is 3.89. The number of amides is 2. The number of fused-ring (bicyclic) bond motifs is 1. The molecule has 0 saturated carbocycles. The molecule has 0 bridgehead atoms. The van der Waals surface area contributed by atoms with Crippen molar-refractivity contribution in [2.45, 2.75) is 25.9 Å². The first-order chi connectivity index (χ1) is 11.9. The molecule has 1 fully saturated rings. The predicted octanol–water partition coefficient (Wildman–Crippen LogP) is 1.90. The van der Waals surface area contributed by atoms with E-state index < -0.39 is 9.84 Å². The van der Waals surface area contributed by atoms with Crippen molar-refractivity contribution >= 4 is 26.8 Å². The lowest BCUT2D eigenvalue weighted by Gasteiger charge is -2.26. The van der Waals surface area contributed by atoms with Crippen molar-refractivity contribution in [3.63, 3.8) is 0 Å². The molecule has 2 amide bonds. The van der Waals surface area contributed by atoms with Gasteiger partial charge in [-0.15, -0.1) is 0 Å². The average molecular weight is 365 g/mol. The molecule has 7 nitrogen and oxygen atoms in total. The van der Waals surface area contributed by atoms with Crippen LogP contribution >= 0.6 is 0 Å². The van der Waals surface area contributed by atoms with Gasteiger partial charge in [-0.05, 0) is 37.6 Å². The number of benzene rings is 1. The van der Waals surface area contributed by atoms with Crippen molar-refractivity contribution in [2.75, 3.05) is 25.2 Å². The minimum atomic E-state index is -3.01. The molecule has 0 aliphatic carbocycles. The summed E-state index contributed by atoms with van der Waals surface area (Å²) in [7, 11) is -1.39. The van der Waals surface area contributed by atoms with E-state index >= 15 is 0 Å². The van der Waals surface area contributed by atoms with Gasteiger partial charge >= 0.3 is 6.03 Å². The third-order valence-electron chi connectivity index (χ3n) is 4.56. The standard InChI is InChI=1S/C17H23N3O4S/c1-3-20(14-6-7-25(22,23)11-14)17(21)18-10-13-8-12-9-15(24-2)4-5-16(12)19-13/h4-5,8-9,14,19H,3,6-7,10-11H2,1-2H3,(H,18,21). The minimum absolute atomic E-state index is 0.0560. The molecule has 136 valence electrons. The highest BCUT2D eigenvalue weighted by Gasteiger charge is 2.33. The summed E-state index contributed by atoms with van der Waals surface area (Å²) in [5.74, 6) is 0.993. The van der Waals surface area contributed by atoms with E-state index in [0.29, 0.717) is 19.5 Å². The van der Waals surface area contributed by atoms with E-state index in [1.807, 2.05) is 31.2 Å². The molecule has 0 radical (unpaired) electrons. The molecule has 1 aliphatic rings. The first kappa shape index (κ1) is 17.6. The number of urea groups is 1. The van der Waals surface area contributed by atoms with Crippen LogP contribution < -0.4 is 10.1 Å². The largest absolute Gasteiger partial charge is 0.497 e. The van der Waals surface area contributed by atoms with Gasteiger partial charge in [0.2, 0.25) is 0 Å². The molecule has 1 aliphatic heterocycles. The molecule has 0 spiro atoms. The van der Waals surface area contributed by atoms with Crippen LogP contribution in [-0.2, 0) is 16.4 Å². The number of carbonyl (C=O) groups excluding carboxylic acids is 1. The van der Waals surface area contributed by atoms with Crippen LogP contribution in [0.5, 0.6) is 5.75 Å². The molecule has 2 aromatic rings. The van der Waals surface area contributed by atoms with Gasteiger partial charge in [0.1, 0.15) is 5.75 Å². The monoisotopic (exact) mass is 365 g/mol. The maximum atomic E-state index is 12.4. The second-order valence-corrected chi connectivity index (χ2v) is 8.48. The number of carbonyl (C=O) groups is 1. The van der Waals surface area contributed by atoms with E-state index in [2.05, 4.69) is 10.3 Å². The summed E-state index contributed by atoms with van der Waals surface area (Å²) < 4.78 is 28.5. The van der Waals surface area contributed by atoms with Crippen molar-refractivity contribution < 1.29 is 17.9 Å². The Morgan fingerprint density at radius 2 is 2.20 bits per heavy atom. The molecule has 1 atom stereocenters. The second-order valence-electron chi connectivity index (χ2n) is 6.25. The van der Waals surface area contributed by atoms with Crippen LogP contribution in [0.3, 0.4) is 0 Å². The van der Waals surface area contributed by atoms with Gasteiger partial charge in [0.15, 0.2) is 9.84 Å². The van der Waals surface area contributed by atoms with E-state index in [-0.39, 0.29) is 23.6 Å². The van der Waals surface area contributed by atoms with E-state index in [4.69, 9.17) is 4.74 Å². The Labute approximate surface area is 147 Å². The van der Waals surface area contributed by atoms with Gasteiger partial charge in [-0.25, -0.2) is 13.2 Å². The molecular formula is C17H23N3O4S. The third kappa shape index (κ3) is 3.89. The van der Waals surface area contributed by atoms with Crippen molar-refractivity contribution in [3.8, 4) is 5.75 Å². The molecule has 25 heavy (non-hydrogen) atoms. The fraction of sp³-hybridized carbons (Fsp3) is 0.471. The van der Waals surface area contributed by atoms with Crippen LogP contribution in [0.2, 0.25) is 0 Å². The summed E-state index contributed by atoms with van der Waals surface area (Å²) in [4.78, 5) is 17.3. The minimum Gasteiger partial charge on any atom is -0.497 e. The van der Waals surface area contributed by atoms with E-state index in [1.54, 1.807) is 12.0 Å². The van der Waals surface area contributed by atoms with Crippen molar-refractivity contribution in [2.24, 2.45) is 0 Å². The lowest BCUT2D eigenvalue weighted by atomic mass is 10.2. The number of hydrogen-bond donors (Lipinski definition) is 2. The first-order valence-electron chi connectivity index (χ1n) is 8.32. The van der Waals surface area contributed by atoms with Crippen molar-refractivity contribution in [1.29, 1.82) is 0 Å². The van der Waals surface area contributed by atoms with Crippen LogP contribution in [0.25, 0.3) is 10.9 Å². The normalized spacial score (nSPS) is 19.0. The Bertz CT molecular complexity index is 875. The highest BCUT2D eigenvalue weighted by molar-refractivity contribution is 7.91. The van der Waals surface area contributed by atoms with E-state index in [1.165, 1.54) is 0 Å². The summed E-state index contributed by atoms with van der Waals surface area (Å²) >= 11 is 0. The van der Waals surface area contributed by atoms with E-state index in [9.17, 15) is 13.2 Å². The number of aromatic amines is 1. The number of nitrogens with one attached hydrogen (secondary N) is 2. The highest BCUT2D eigenvalue weighted by atomic mass is 32.2. The van der Waals surface area contributed by atoms with Crippen LogP contribution in [0.4, 0.5) is 4.79 Å². The molecule has 2 N–H and O–H groups in total. The number of H-pyrrole nitrogens is 1. The summed E-state index contributed by atoms with van der Waals surface area (Å²) in [6, 6.07) is 7.23. The zero-order valence-corrected chi connectivity index (χ0v) is 15.2. The summed E-state index contributed by atoms with van der Waals surface area (Å²) in [5.41, 5.74) is 1.85. The SMILES string of the molecule is CCN(C(=O)NCc1cc2cc(OC)ccc2[nH]1)C1CCS(=O)(=O)C1. The van der Waals surface area contributed by atoms with Gasteiger partial charge in [-0.1, -0.05) is 0 Å². The fourth-order valence-electron chi connectivity index (χ4n) is 3.25. The lowest BCUT2D eigenvalue weighted by molar-refractivity contribution is 0.183. The van der Waals surface area contributed by atoms with Gasteiger partial charge in [0.05, 0.1) is 25.2 Å². The van der Waals surface area contributed by atoms with Crippen molar-refractivity contribution in [1.82, 2.24) is 15.2 Å². The number of aromatic nitrogens is 1. The Balaban J connectivity index is 1.65. The molecule has 3 rings (SSSR count). The van der Waals surface area contributed by atoms with Gasteiger partial charge in [-0.3, -0.25) is 0 Å². The molecule has 1 aromatic carbocycles. The molecular weight excluding hydrogens is 342 g/mol. The predicted molar refractivity (Wildman–Crippen MR) is 96.5 cm³/mol. The van der Waals surface area contributed by atoms with Crippen LogP contribution in [0, 0.1) is 0 Å². The molecule has 1 aromatic heterocycles. The molecule has 1 unspecified atom stereocenters. The summed E-state index contributed by atoms with van der Waals surface area (Å²) in [6.45, 7) is 2.70. The van der Waals surface area contributed by atoms with Gasteiger partial charge in [0.25, 0.3) is 0 Å². The molecule has 1 saturated heterocycles. The third-order valence-corrected chi connectivity index (χ3v) is 6.31. The quantitative estimate of drug-likeness (QED) is 0.846. The number of hydrogen-bond acceptors (Lipinski definition) is 4. The first-order valence-corrected chi connectivity index (χ1v) is 10.1. The Morgan fingerprint density at radius 1 is 1.40 bits per heavy atom. The number of sulfone groups is 1. The number of methoxy groups -OCH3 is 1. The van der Waals surface area contributed by atoms with Gasteiger partial charge in [0, 0.05) is 29.2 Å². The van der Waals surface area contributed by atoms with Crippen molar-refractivity contribution in [3.05, 3.63) is 30.0 Å². The summed E-state index contributed by atoms with van der Waals surface area (Å²) in [6.07, 6.45) is 0.510. The Morgan fingerprint density at radius 3 is 2.84 bits per heavy atom. The zero-order chi connectivity index (χ0) is 18.0. The number of nitrogens with zero attached hydrogens (tertiary/aromatic N) is 1.